The van der Waals surface area contributed by atoms with Crippen LogP contribution < -0.4 is 9.47 Å². The summed E-state index contributed by atoms with van der Waals surface area (Å²) in [5.41, 5.74) is -5.23. The largest absolute Gasteiger partial charge is 0.490 e. The molecule has 0 radical (unpaired) electrons. The smallest absolute Gasteiger partial charge is 0.420 e. The van der Waals surface area contributed by atoms with Crippen LogP contribution in [0, 0.1) is 5.82 Å². The number of rotatable bonds is 15. The van der Waals surface area contributed by atoms with E-state index in [2.05, 4.69) is 9.47 Å². The number of halogens is 7. The molecular weight excluding hydrogens is 621 g/mol. The monoisotopic (exact) mass is 653 g/mol. The highest BCUT2D eigenvalue weighted by Crippen LogP contribution is 2.37. The van der Waals surface area contributed by atoms with Crippen molar-refractivity contribution in [1.29, 1.82) is 0 Å². The second-order valence-electron chi connectivity index (χ2n) is 9.84. The lowest BCUT2D eigenvalue weighted by molar-refractivity contribution is -0.296. The molecule has 0 aliphatic heterocycles. The average Bonchev–Trinajstić information content (AvgIpc) is 2.98. The third kappa shape index (κ3) is 9.00. The van der Waals surface area contributed by atoms with Crippen molar-refractivity contribution in [1.82, 2.24) is 0 Å². The van der Waals surface area contributed by atoms with E-state index in [1.54, 1.807) is 36.4 Å². The van der Waals surface area contributed by atoms with Crippen LogP contribution in [0.4, 0.5) is 30.7 Å². The quantitative estimate of drug-likeness (QED) is 0.0959. The highest BCUT2D eigenvalue weighted by Gasteiger charge is 2.54. The molecule has 0 bridgehead atoms. The Bertz CT molecular complexity index is 1220. The van der Waals surface area contributed by atoms with Crippen LogP contribution in [0.3, 0.4) is 0 Å². The molecule has 0 aliphatic carbocycles. The molecule has 3 aromatic carbocycles. The third-order valence-corrected chi connectivity index (χ3v) is 8.62. The van der Waals surface area contributed by atoms with E-state index in [1.807, 2.05) is 0 Å². The van der Waals surface area contributed by atoms with E-state index in [0.717, 1.165) is 13.8 Å². The Morgan fingerprint density at radius 1 is 0.545 bits per heavy atom. The van der Waals surface area contributed by atoms with Gasteiger partial charge >= 0.3 is 12.4 Å². The molecule has 2 atom stereocenters. The SMILES string of the molecule is COCOC(C)(COc1ccc([S+](c2ccc(F)cc2)c2ccc(OCC(C)(OCOC)C(F)(F)F)cc2)cc1)C(F)(F)F. The molecule has 44 heavy (non-hydrogen) atoms. The van der Waals surface area contributed by atoms with Gasteiger partial charge in [0, 0.05) is 14.2 Å². The Balaban J connectivity index is 1.83. The van der Waals surface area contributed by atoms with Crippen LogP contribution in [0.1, 0.15) is 13.8 Å². The molecule has 0 heterocycles. The molecule has 0 aliphatic rings. The van der Waals surface area contributed by atoms with Crippen LogP contribution in [-0.4, -0.2) is 64.6 Å². The zero-order valence-corrected chi connectivity index (χ0v) is 25.1. The van der Waals surface area contributed by atoms with Gasteiger partial charge in [-0.2, -0.15) is 26.3 Å². The predicted molar refractivity (Wildman–Crippen MR) is 147 cm³/mol. The number of benzene rings is 3. The van der Waals surface area contributed by atoms with Crippen molar-refractivity contribution < 1.29 is 59.2 Å². The number of hydrogen-bond acceptors (Lipinski definition) is 6. The van der Waals surface area contributed by atoms with Crippen molar-refractivity contribution in [3.05, 3.63) is 78.6 Å². The van der Waals surface area contributed by atoms with Crippen molar-refractivity contribution in [2.24, 2.45) is 0 Å². The molecule has 6 nitrogen and oxygen atoms in total. The molecule has 2 unspecified atom stereocenters. The van der Waals surface area contributed by atoms with Gasteiger partial charge in [-0.3, -0.25) is 0 Å². The van der Waals surface area contributed by atoms with Gasteiger partial charge in [0.25, 0.3) is 0 Å². The van der Waals surface area contributed by atoms with Crippen LogP contribution in [0.25, 0.3) is 0 Å². The van der Waals surface area contributed by atoms with Crippen LogP contribution in [-0.2, 0) is 29.8 Å². The summed E-state index contributed by atoms with van der Waals surface area (Å²) in [7, 11) is 1.57. The van der Waals surface area contributed by atoms with E-state index in [1.165, 1.54) is 50.6 Å². The lowest BCUT2D eigenvalue weighted by Gasteiger charge is -2.31. The van der Waals surface area contributed by atoms with E-state index in [4.69, 9.17) is 18.9 Å². The Labute approximate surface area is 253 Å². The Kier molecular flexibility index (Phi) is 11.9. The first-order valence-corrected chi connectivity index (χ1v) is 14.2. The summed E-state index contributed by atoms with van der Waals surface area (Å²) in [6.07, 6.45) is -9.45. The molecule has 3 aromatic rings. The van der Waals surface area contributed by atoms with E-state index in [9.17, 15) is 30.7 Å². The Hall–Kier alpha value is -3.04. The van der Waals surface area contributed by atoms with Crippen LogP contribution in [0.5, 0.6) is 11.5 Å². The highest BCUT2D eigenvalue weighted by molar-refractivity contribution is 7.97. The Morgan fingerprint density at radius 2 is 0.864 bits per heavy atom. The molecule has 242 valence electrons. The summed E-state index contributed by atoms with van der Waals surface area (Å²) in [5, 5.41) is 0. The molecule has 14 heteroatoms. The fraction of sp³-hybridized carbons (Fsp3) is 0.400. The average molecular weight is 654 g/mol. The second kappa shape index (κ2) is 14.8. The fourth-order valence-electron chi connectivity index (χ4n) is 3.55. The van der Waals surface area contributed by atoms with E-state index >= 15 is 0 Å². The summed E-state index contributed by atoms with van der Waals surface area (Å²) in [4.78, 5) is 2.14. The highest BCUT2D eigenvalue weighted by atomic mass is 32.2. The first-order chi connectivity index (χ1) is 20.6. The Morgan fingerprint density at radius 3 is 1.16 bits per heavy atom. The maximum absolute atomic E-state index is 13.7. The summed E-state index contributed by atoms with van der Waals surface area (Å²) in [5.74, 6) is -0.142. The van der Waals surface area contributed by atoms with Crippen LogP contribution >= 0.6 is 0 Å². The molecule has 0 saturated carbocycles. The summed E-state index contributed by atoms with van der Waals surface area (Å²) in [6.45, 7) is -1.09. The minimum Gasteiger partial charge on any atom is -0.490 e. The number of ether oxygens (including phenoxy) is 6. The number of methoxy groups -OCH3 is 2. The molecule has 0 spiro atoms. The normalized spacial score (nSPS) is 15.7. The topological polar surface area (TPSA) is 55.4 Å². The minimum atomic E-state index is -4.72. The van der Waals surface area contributed by atoms with Gasteiger partial charge in [0.1, 0.15) is 44.1 Å². The molecule has 0 N–H and O–H groups in total. The maximum atomic E-state index is 13.7. The van der Waals surface area contributed by atoms with Crippen molar-refractivity contribution in [2.75, 3.05) is 41.0 Å². The van der Waals surface area contributed by atoms with Gasteiger partial charge < -0.3 is 28.4 Å². The first-order valence-electron chi connectivity index (χ1n) is 13.0. The van der Waals surface area contributed by atoms with E-state index < -0.39 is 67.1 Å². The third-order valence-electron chi connectivity index (χ3n) is 6.39. The summed E-state index contributed by atoms with van der Waals surface area (Å²) < 4.78 is 125. The summed E-state index contributed by atoms with van der Waals surface area (Å²) >= 11 is 0. The first kappa shape index (κ1) is 35.4. The molecular formula is C30H32F7O6S+. The number of hydrogen-bond donors (Lipinski definition) is 0. The lowest BCUT2D eigenvalue weighted by Crippen LogP contribution is -2.50. The molecule has 0 fully saturated rings. The minimum absolute atomic E-state index is 0.153. The van der Waals surface area contributed by atoms with Gasteiger partial charge in [-0.05, 0) is 86.6 Å². The molecule has 3 rings (SSSR count). The van der Waals surface area contributed by atoms with Crippen molar-refractivity contribution in [2.45, 2.75) is 52.1 Å². The molecule has 0 saturated heterocycles. The lowest BCUT2D eigenvalue weighted by atomic mass is 10.1. The molecule has 0 amide bonds. The second-order valence-corrected chi connectivity index (χ2v) is 11.9. The van der Waals surface area contributed by atoms with Gasteiger partial charge in [0.05, 0.1) is 10.9 Å². The van der Waals surface area contributed by atoms with Gasteiger partial charge in [-0.15, -0.1) is 0 Å². The van der Waals surface area contributed by atoms with Gasteiger partial charge in [-0.25, -0.2) is 4.39 Å². The standard InChI is InChI=1S/C30H32F7O6S/c1-27(29(32,33)34,42-19-38-3)17-40-22-7-13-25(14-8-22)44(24-11-5-21(31)6-12-24)26-15-9-23(10-16-26)41-18-28(2,30(35,36)37)43-20-39-4/h5-16H,17-20H2,1-4H3/q+1. The molecule has 0 aromatic heterocycles. The van der Waals surface area contributed by atoms with Gasteiger partial charge in [0.15, 0.2) is 25.9 Å². The van der Waals surface area contributed by atoms with Crippen molar-refractivity contribution in [3.63, 3.8) is 0 Å². The van der Waals surface area contributed by atoms with Crippen LogP contribution in [0.2, 0.25) is 0 Å². The summed E-state index contributed by atoms with van der Waals surface area (Å²) in [6, 6.07) is 18.4. The number of alkyl halides is 6. The predicted octanol–water partition coefficient (Wildman–Crippen LogP) is 7.56. The van der Waals surface area contributed by atoms with Crippen molar-refractivity contribution in [3.8, 4) is 11.5 Å². The van der Waals surface area contributed by atoms with Gasteiger partial charge in [-0.1, -0.05) is 0 Å². The zero-order valence-electron chi connectivity index (χ0n) is 24.3. The van der Waals surface area contributed by atoms with Gasteiger partial charge in [0.2, 0.25) is 0 Å². The maximum Gasteiger partial charge on any atom is 0.420 e. The fourth-order valence-corrected chi connectivity index (χ4v) is 5.59. The van der Waals surface area contributed by atoms with Crippen LogP contribution in [0.15, 0.2) is 87.5 Å². The zero-order chi connectivity index (χ0) is 32.6. The van der Waals surface area contributed by atoms with E-state index in [0.29, 0.717) is 14.7 Å². The van der Waals surface area contributed by atoms with Crippen molar-refractivity contribution >= 4 is 10.9 Å². The van der Waals surface area contributed by atoms with E-state index in [-0.39, 0.29) is 11.5 Å².